The molecule has 0 saturated heterocycles. The first-order valence-corrected chi connectivity index (χ1v) is 6.29. The summed E-state index contributed by atoms with van der Waals surface area (Å²) in [5.74, 6) is 0.418. The quantitative estimate of drug-likeness (QED) is 0.918. The highest BCUT2D eigenvalue weighted by atomic mass is 19.1. The molecule has 0 aliphatic carbocycles. The Morgan fingerprint density at radius 2 is 1.95 bits per heavy atom. The highest BCUT2D eigenvalue weighted by Crippen LogP contribution is 2.22. The summed E-state index contributed by atoms with van der Waals surface area (Å²) in [5.41, 5.74) is 6.75. The van der Waals surface area contributed by atoms with Crippen LogP contribution in [0.2, 0.25) is 0 Å². The third-order valence-corrected chi connectivity index (χ3v) is 3.04. The maximum absolute atomic E-state index is 13.7. The summed E-state index contributed by atoms with van der Waals surface area (Å²) < 4.78 is 13.7. The van der Waals surface area contributed by atoms with Crippen LogP contribution in [0.15, 0.2) is 36.5 Å². The van der Waals surface area contributed by atoms with Gasteiger partial charge >= 0.3 is 0 Å². The van der Waals surface area contributed by atoms with Gasteiger partial charge in [0.1, 0.15) is 11.6 Å². The monoisotopic (exact) mass is 259 g/mol. The van der Waals surface area contributed by atoms with Crippen LogP contribution in [0.4, 0.5) is 4.39 Å². The number of aromatic nitrogens is 2. The second kappa shape index (κ2) is 5.45. The molecular weight excluding hydrogens is 241 g/mol. The fourth-order valence-electron chi connectivity index (χ4n) is 1.80. The summed E-state index contributed by atoms with van der Waals surface area (Å²) in [5, 5.41) is 0. The third kappa shape index (κ3) is 3.35. The van der Waals surface area contributed by atoms with Gasteiger partial charge in [-0.2, -0.15) is 0 Å². The molecule has 2 N–H and O–H groups in total. The first kappa shape index (κ1) is 13.6. The van der Waals surface area contributed by atoms with E-state index in [1.165, 1.54) is 6.07 Å². The van der Waals surface area contributed by atoms with E-state index in [4.69, 9.17) is 5.73 Å². The van der Waals surface area contributed by atoms with E-state index >= 15 is 0 Å². The Hall–Kier alpha value is -1.81. The third-order valence-electron chi connectivity index (χ3n) is 3.04. The molecule has 0 radical (unpaired) electrons. The largest absolute Gasteiger partial charge is 0.330 e. The molecule has 0 spiro atoms. The number of rotatable bonds is 4. The van der Waals surface area contributed by atoms with E-state index in [-0.39, 0.29) is 11.2 Å². The summed E-state index contributed by atoms with van der Waals surface area (Å²) in [6.45, 7) is 4.68. The SMILES string of the molecule is CC(C)(CN)Cc1nccc(-c2ccccc2F)n1. The molecule has 2 aromatic rings. The van der Waals surface area contributed by atoms with Crippen molar-refractivity contribution in [2.45, 2.75) is 20.3 Å². The molecule has 100 valence electrons. The second-order valence-corrected chi connectivity index (χ2v) is 5.38. The Labute approximate surface area is 112 Å². The molecule has 19 heavy (non-hydrogen) atoms. The van der Waals surface area contributed by atoms with Crippen molar-refractivity contribution in [1.29, 1.82) is 0 Å². The lowest BCUT2D eigenvalue weighted by molar-refractivity contribution is 0.368. The first-order chi connectivity index (χ1) is 9.02. The van der Waals surface area contributed by atoms with Crippen LogP contribution in [0.1, 0.15) is 19.7 Å². The Kier molecular flexibility index (Phi) is 3.90. The zero-order valence-corrected chi connectivity index (χ0v) is 11.2. The predicted molar refractivity (Wildman–Crippen MR) is 74.0 cm³/mol. The lowest BCUT2D eigenvalue weighted by atomic mass is 9.89. The van der Waals surface area contributed by atoms with Crippen molar-refractivity contribution in [2.24, 2.45) is 11.1 Å². The van der Waals surface area contributed by atoms with Crippen LogP contribution in [-0.4, -0.2) is 16.5 Å². The van der Waals surface area contributed by atoms with E-state index in [0.717, 1.165) is 0 Å². The predicted octanol–water partition coefficient (Wildman–Crippen LogP) is 2.81. The van der Waals surface area contributed by atoms with E-state index in [0.29, 0.717) is 30.0 Å². The number of halogens is 1. The summed E-state index contributed by atoms with van der Waals surface area (Å²) in [6, 6.07) is 8.33. The minimum absolute atomic E-state index is 0.0617. The van der Waals surface area contributed by atoms with Crippen molar-refractivity contribution in [1.82, 2.24) is 9.97 Å². The summed E-state index contributed by atoms with van der Waals surface area (Å²) in [6.07, 6.45) is 2.34. The van der Waals surface area contributed by atoms with Crippen molar-refractivity contribution in [3.05, 3.63) is 48.2 Å². The number of nitrogens with two attached hydrogens (primary N) is 1. The molecule has 0 aliphatic heterocycles. The van der Waals surface area contributed by atoms with Crippen molar-refractivity contribution < 1.29 is 4.39 Å². The van der Waals surface area contributed by atoms with Gasteiger partial charge in [-0.05, 0) is 30.2 Å². The topological polar surface area (TPSA) is 51.8 Å². The van der Waals surface area contributed by atoms with Crippen LogP contribution in [-0.2, 0) is 6.42 Å². The van der Waals surface area contributed by atoms with Crippen molar-refractivity contribution in [3.8, 4) is 11.3 Å². The Balaban J connectivity index is 2.33. The van der Waals surface area contributed by atoms with Gasteiger partial charge in [-0.1, -0.05) is 26.0 Å². The normalized spacial score (nSPS) is 11.6. The van der Waals surface area contributed by atoms with E-state index in [1.807, 2.05) is 0 Å². The summed E-state index contributed by atoms with van der Waals surface area (Å²) in [4.78, 5) is 8.67. The number of nitrogens with zero attached hydrogens (tertiary/aromatic N) is 2. The zero-order valence-electron chi connectivity index (χ0n) is 11.2. The number of hydrogen-bond donors (Lipinski definition) is 1. The van der Waals surface area contributed by atoms with Gasteiger partial charge in [-0.15, -0.1) is 0 Å². The van der Waals surface area contributed by atoms with Crippen LogP contribution in [0.3, 0.4) is 0 Å². The zero-order chi connectivity index (χ0) is 13.9. The lowest BCUT2D eigenvalue weighted by Crippen LogP contribution is -2.26. The van der Waals surface area contributed by atoms with Gasteiger partial charge in [-0.3, -0.25) is 0 Å². The first-order valence-electron chi connectivity index (χ1n) is 6.29. The molecule has 1 aromatic carbocycles. The van der Waals surface area contributed by atoms with Crippen LogP contribution < -0.4 is 5.73 Å². The Morgan fingerprint density at radius 1 is 1.21 bits per heavy atom. The minimum Gasteiger partial charge on any atom is -0.330 e. The molecule has 0 amide bonds. The van der Waals surface area contributed by atoms with Crippen molar-refractivity contribution in [2.75, 3.05) is 6.54 Å². The Morgan fingerprint density at radius 3 is 2.63 bits per heavy atom. The van der Waals surface area contributed by atoms with Gasteiger partial charge in [0, 0.05) is 18.2 Å². The minimum atomic E-state index is -0.273. The average Bonchev–Trinajstić information content (AvgIpc) is 2.39. The highest BCUT2D eigenvalue weighted by Gasteiger charge is 2.18. The molecule has 1 aromatic heterocycles. The molecule has 1 heterocycles. The van der Waals surface area contributed by atoms with E-state index in [2.05, 4.69) is 23.8 Å². The molecule has 0 fully saturated rings. The number of hydrogen-bond acceptors (Lipinski definition) is 3. The van der Waals surface area contributed by atoms with Crippen LogP contribution >= 0.6 is 0 Å². The van der Waals surface area contributed by atoms with E-state index in [9.17, 15) is 4.39 Å². The van der Waals surface area contributed by atoms with Crippen LogP contribution in [0, 0.1) is 11.2 Å². The standard InChI is InChI=1S/C15H18FN3/c1-15(2,10-17)9-14-18-8-7-13(19-14)11-5-3-4-6-12(11)16/h3-8H,9-10,17H2,1-2H3. The Bertz CT molecular complexity index is 567. The molecule has 0 aliphatic rings. The fraction of sp³-hybridized carbons (Fsp3) is 0.333. The van der Waals surface area contributed by atoms with Gasteiger partial charge in [0.15, 0.2) is 0 Å². The van der Waals surface area contributed by atoms with Gasteiger partial charge in [-0.25, -0.2) is 14.4 Å². The second-order valence-electron chi connectivity index (χ2n) is 5.38. The highest BCUT2D eigenvalue weighted by molar-refractivity contribution is 5.59. The molecule has 2 rings (SSSR count). The van der Waals surface area contributed by atoms with Gasteiger partial charge in [0.25, 0.3) is 0 Å². The lowest BCUT2D eigenvalue weighted by Gasteiger charge is -2.21. The smallest absolute Gasteiger partial charge is 0.132 e. The fourth-order valence-corrected chi connectivity index (χ4v) is 1.80. The summed E-state index contributed by atoms with van der Waals surface area (Å²) >= 11 is 0. The molecule has 0 bridgehead atoms. The summed E-state index contributed by atoms with van der Waals surface area (Å²) in [7, 11) is 0. The molecule has 3 nitrogen and oxygen atoms in total. The van der Waals surface area contributed by atoms with Gasteiger partial charge in [0.2, 0.25) is 0 Å². The van der Waals surface area contributed by atoms with E-state index in [1.54, 1.807) is 30.5 Å². The molecule has 0 unspecified atom stereocenters. The van der Waals surface area contributed by atoms with Crippen LogP contribution in [0.25, 0.3) is 11.3 Å². The van der Waals surface area contributed by atoms with Gasteiger partial charge < -0.3 is 5.73 Å². The molecular formula is C15H18FN3. The molecule has 0 atom stereocenters. The number of benzene rings is 1. The molecule has 4 heteroatoms. The van der Waals surface area contributed by atoms with Crippen molar-refractivity contribution >= 4 is 0 Å². The van der Waals surface area contributed by atoms with Gasteiger partial charge in [0.05, 0.1) is 5.69 Å². The maximum Gasteiger partial charge on any atom is 0.132 e. The average molecular weight is 259 g/mol. The van der Waals surface area contributed by atoms with Crippen LogP contribution in [0.5, 0.6) is 0 Å². The molecule has 0 saturated carbocycles. The van der Waals surface area contributed by atoms with E-state index < -0.39 is 0 Å². The maximum atomic E-state index is 13.7. The van der Waals surface area contributed by atoms with Crippen molar-refractivity contribution in [3.63, 3.8) is 0 Å².